The average Bonchev–Trinajstić information content (AvgIpc) is 3.05. The Morgan fingerprint density at radius 3 is 2.17 bits per heavy atom. The largest absolute Gasteiger partial charge is 0.480 e. The fourth-order valence-corrected chi connectivity index (χ4v) is 3.15. The number of hydrogen-bond acceptors (Lipinski definition) is 4. The van der Waals surface area contributed by atoms with Crippen LogP contribution in [0.1, 0.15) is 42.9 Å². The number of hydrogen-bond donors (Lipinski definition) is 1. The van der Waals surface area contributed by atoms with Gasteiger partial charge in [0.15, 0.2) is 6.10 Å². The summed E-state index contributed by atoms with van der Waals surface area (Å²) in [6.07, 6.45) is -7.32. The Kier molecular flexibility index (Phi) is 6.99. The predicted molar refractivity (Wildman–Crippen MR) is 113 cm³/mol. The number of anilines is 1. The van der Waals surface area contributed by atoms with E-state index >= 15 is 4.39 Å². The summed E-state index contributed by atoms with van der Waals surface area (Å²) in [5, 5.41) is 5.89. The summed E-state index contributed by atoms with van der Waals surface area (Å²) in [5.41, 5.74) is -3.07. The Hall–Kier alpha value is -3.77. The Morgan fingerprint density at radius 2 is 1.66 bits per heavy atom. The van der Waals surface area contributed by atoms with Gasteiger partial charge in [-0.05, 0) is 25.1 Å². The van der Waals surface area contributed by atoms with E-state index in [1.807, 2.05) is 5.32 Å². The van der Waals surface area contributed by atoms with Crippen molar-refractivity contribution >= 4 is 11.6 Å². The van der Waals surface area contributed by atoms with E-state index in [9.17, 15) is 31.5 Å². The maximum Gasteiger partial charge on any atom is 0.425 e. The van der Waals surface area contributed by atoms with Crippen LogP contribution in [0.3, 0.4) is 0 Å². The Bertz CT molecular complexity index is 1310. The molecule has 188 valence electrons. The van der Waals surface area contributed by atoms with Gasteiger partial charge in [0.1, 0.15) is 40.4 Å². The van der Waals surface area contributed by atoms with E-state index in [1.54, 1.807) is 13.8 Å². The van der Waals surface area contributed by atoms with Gasteiger partial charge in [-0.25, -0.2) is 18.0 Å². The van der Waals surface area contributed by atoms with Gasteiger partial charge in [0, 0.05) is 19.0 Å². The van der Waals surface area contributed by atoms with Gasteiger partial charge in [-0.1, -0.05) is 19.9 Å². The third-order valence-corrected chi connectivity index (χ3v) is 5.02. The van der Waals surface area contributed by atoms with Crippen molar-refractivity contribution in [2.45, 2.75) is 39.0 Å². The number of alkyl halides is 3. The number of carbonyl (C=O) groups excluding carboxylic acids is 1. The molecule has 2 aromatic carbocycles. The van der Waals surface area contributed by atoms with Crippen molar-refractivity contribution in [2.24, 2.45) is 7.05 Å². The summed E-state index contributed by atoms with van der Waals surface area (Å²) in [6, 6.07) is 3.90. The minimum Gasteiger partial charge on any atom is -0.480 e. The number of nitrogens with one attached hydrogen (secondary N) is 1. The first-order valence-corrected chi connectivity index (χ1v) is 10.2. The van der Waals surface area contributed by atoms with Gasteiger partial charge in [0.2, 0.25) is 0 Å². The molecule has 1 amide bonds. The molecular weight excluding hydrogens is 482 g/mol. The zero-order chi connectivity index (χ0) is 26.2. The van der Waals surface area contributed by atoms with Gasteiger partial charge in [-0.2, -0.15) is 17.9 Å². The summed E-state index contributed by atoms with van der Waals surface area (Å²) < 4.78 is 89.1. The molecule has 0 saturated carbocycles. The lowest BCUT2D eigenvalue weighted by atomic mass is 10.1. The molecule has 1 N–H and O–H groups in total. The first kappa shape index (κ1) is 25.8. The molecule has 0 aliphatic rings. The summed E-state index contributed by atoms with van der Waals surface area (Å²) >= 11 is 0. The number of rotatable bonds is 6. The van der Waals surface area contributed by atoms with Crippen molar-refractivity contribution in [1.82, 2.24) is 14.3 Å². The number of benzene rings is 2. The number of amides is 1. The van der Waals surface area contributed by atoms with Crippen molar-refractivity contribution in [2.75, 3.05) is 5.32 Å². The third kappa shape index (κ3) is 5.17. The standard InChI is InChI=1S/C22H20F6N4O3/c1-10(2)19-30-32(21(34)31(19)4)16-9-17(35-11(3)22(26,27)28)12(8-15(16)25)20(33)29-18-13(23)6-5-7-14(18)24/h5-11H,1-4H3,(H,29,33). The lowest BCUT2D eigenvalue weighted by Crippen LogP contribution is -2.32. The molecule has 3 rings (SSSR count). The second kappa shape index (κ2) is 9.47. The molecule has 35 heavy (non-hydrogen) atoms. The van der Waals surface area contributed by atoms with Crippen LogP contribution in [0.2, 0.25) is 0 Å². The lowest BCUT2D eigenvalue weighted by Gasteiger charge is -2.20. The zero-order valence-electron chi connectivity index (χ0n) is 18.9. The summed E-state index contributed by atoms with van der Waals surface area (Å²) in [5.74, 6) is -5.67. The highest BCUT2D eigenvalue weighted by Crippen LogP contribution is 2.31. The van der Waals surface area contributed by atoms with Crippen molar-refractivity contribution in [3.63, 3.8) is 0 Å². The minimum absolute atomic E-state index is 0.251. The maximum absolute atomic E-state index is 15.1. The summed E-state index contributed by atoms with van der Waals surface area (Å²) in [4.78, 5) is 25.3. The number of nitrogens with zero attached hydrogens (tertiary/aromatic N) is 3. The van der Waals surface area contributed by atoms with Crippen LogP contribution in [-0.4, -0.2) is 32.5 Å². The molecule has 1 unspecified atom stereocenters. The quantitative estimate of drug-likeness (QED) is 0.496. The van der Waals surface area contributed by atoms with Crippen LogP contribution < -0.4 is 15.7 Å². The predicted octanol–water partition coefficient (Wildman–Crippen LogP) is 4.69. The average molecular weight is 502 g/mol. The van der Waals surface area contributed by atoms with Crippen LogP contribution >= 0.6 is 0 Å². The SMILES string of the molecule is CC(C)c1nn(-c2cc(OC(C)C(F)(F)F)c(C(=O)Nc3c(F)cccc3F)cc2F)c(=O)n1C. The van der Waals surface area contributed by atoms with Gasteiger partial charge in [0.05, 0.1) is 5.56 Å². The molecule has 1 atom stereocenters. The van der Waals surface area contributed by atoms with E-state index in [0.717, 1.165) is 22.8 Å². The van der Waals surface area contributed by atoms with Crippen LogP contribution in [0.4, 0.5) is 32.0 Å². The molecule has 1 heterocycles. The van der Waals surface area contributed by atoms with Gasteiger partial charge < -0.3 is 10.1 Å². The van der Waals surface area contributed by atoms with E-state index in [-0.39, 0.29) is 11.7 Å². The van der Waals surface area contributed by atoms with Crippen molar-refractivity contribution in [1.29, 1.82) is 0 Å². The van der Waals surface area contributed by atoms with Gasteiger partial charge in [-0.3, -0.25) is 9.36 Å². The summed E-state index contributed by atoms with van der Waals surface area (Å²) in [7, 11) is 1.38. The van der Waals surface area contributed by atoms with E-state index < -0.39 is 64.0 Å². The molecule has 3 aromatic rings. The highest BCUT2D eigenvalue weighted by Gasteiger charge is 2.39. The molecule has 0 radical (unpaired) electrons. The van der Waals surface area contributed by atoms with Gasteiger partial charge in [0.25, 0.3) is 5.91 Å². The Labute approximate surface area is 194 Å². The molecular formula is C22H20F6N4O3. The molecule has 0 aliphatic carbocycles. The first-order valence-electron chi connectivity index (χ1n) is 10.2. The van der Waals surface area contributed by atoms with Crippen molar-refractivity contribution < 1.29 is 35.9 Å². The Balaban J connectivity index is 2.16. The number of halogens is 6. The summed E-state index contributed by atoms with van der Waals surface area (Å²) in [6.45, 7) is 4.08. The first-order chi connectivity index (χ1) is 16.2. The molecule has 0 bridgehead atoms. The second-order valence-corrected chi connectivity index (χ2v) is 7.92. The topological polar surface area (TPSA) is 78.2 Å². The molecule has 0 saturated heterocycles. The minimum atomic E-state index is -4.87. The number of aromatic nitrogens is 3. The van der Waals surface area contributed by atoms with Crippen LogP contribution in [0.15, 0.2) is 35.1 Å². The Morgan fingerprint density at radius 1 is 1.06 bits per heavy atom. The van der Waals surface area contributed by atoms with E-state index in [4.69, 9.17) is 4.74 Å². The highest BCUT2D eigenvalue weighted by atomic mass is 19.4. The highest BCUT2D eigenvalue weighted by molar-refractivity contribution is 6.06. The number of carbonyl (C=O) groups is 1. The fourth-order valence-electron chi connectivity index (χ4n) is 3.15. The van der Waals surface area contributed by atoms with Crippen LogP contribution in [-0.2, 0) is 7.05 Å². The van der Waals surface area contributed by atoms with E-state index in [1.165, 1.54) is 7.05 Å². The van der Waals surface area contributed by atoms with E-state index in [0.29, 0.717) is 23.7 Å². The van der Waals surface area contributed by atoms with E-state index in [2.05, 4.69) is 5.10 Å². The second-order valence-electron chi connectivity index (χ2n) is 7.92. The molecule has 13 heteroatoms. The molecule has 0 fully saturated rings. The molecule has 0 aliphatic heterocycles. The van der Waals surface area contributed by atoms with Gasteiger partial charge >= 0.3 is 11.9 Å². The zero-order valence-corrected chi connectivity index (χ0v) is 18.9. The monoisotopic (exact) mass is 502 g/mol. The molecule has 7 nitrogen and oxygen atoms in total. The third-order valence-electron chi connectivity index (χ3n) is 5.02. The van der Waals surface area contributed by atoms with Crippen molar-refractivity contribution in [3.05, 3.63) is 69.7 Å². The van der Waals surface area contributed by atoms with Crippen LogP contribution in [0, 0.1) is 17.5 Å². The molecule has 0 spiro atoms. The van der Waals surface area contributed by atoms with Crippen LogP contribution in [0.25, 0.3) is 5.69 Å². The number of para-hydroxylation sites is 1. The fraction of sp³-hybridized carbons (Fsp3) is 0.318. The smallest absolute Gasteiger partial charge is 0.425 e. The van der Waals surface area contributed by atoms with Crippen LogP contribution in [0.5, 0.6) is 5.75 Å². The number of ether oxygens (including phenoxy) is 1. The lowest BCUT2D eigenvalue weighted by molar-refractivity contribution is -0.189. The van der Waals surface area contributed by atoms with Crippen molar-refractivity contribution in [3.8, 4) is 11.4 Å². The normalized spacial score (nSPS) is 12.7. The van der Waals surface area contributed by atoms with Gasteiger partial charge in [-0.15, -0.1) is 5.10 Å². The maximum atomic E-state index is 15.1. The molecule has 1 aromatic heterocycles.